The van der Waals surface area contributed by atoms with E-state index in [2.05, 4.69) is 0 Å². The van der Waals surface area contributed by atoms with Gasteiger partial charge < -0.3 is 0 Å². The summed E-state index contributed by atoms with van der Waals surface area (Å²) in [7, 11) is 0. The van der Waals surface area contributed by atoms with Crippen molar-refractivity contribution in [1.29, 1.82) is 0 Å². The molecule has 0 N–H and O–H groups in total. The smallest absolute Gasteiger partial charge is 0.258 e. The van der Waals surface area contributed by atoms with Gasteiger partial charge in [-0.15, -0.1) is 0 Å². The van der Waals surface area contributed by atoms with Crippen molar-refractivity contribution in [1.82, 2.24) is 0 Å². The van der Waals surface area contributed by atoms with Crippen LogP contribution in [-0.4, -0.2) is 4.92 Å². The van der Waals surface area contributed by atoms with Crippen molar-refractivity contribution in [2.24, 2.45) is 0 Å². The van der Waals surface area contributed by atoms with Gasteiger partial charge in [0, 0.05) is 12.1 Å². The van der Waals surface area contributed by atoms with Crippen LogP contribution in [-0.2, 0) is 0 Å². The quantitative estimate of drug-likeness (QED) is 0.534. The summed E-state index contributed by atoms with van der Waals surface area (Å²) in [6, 6.07) is 5.54. The van der Waals surface area contributed by atoms with Crippen LogP contribution in [0.25, 0.3) is 0 Å². The van der Waals surface area contributed by atoms with Gasteiger partial charge in [0.2, 0.25) is 0 Å². The Labute approximate surface area is 75.3 Å². The zero-order valence-corrected chi connectivity index (χ0v) is 7.24. The molecule has 0 aliphatic heterocycles. The van der Waals surface area contributed by atoms with Crippen molar-refractivity contribution < 1.29 is 9.31 Å². The number of halogens is 1. The van der Waals surface area contributed by atoms with Crippen LogP contribution in [0.2, 0.25) is 0 Å². The Morgan fingerprint density at radius 2 is 2.00 bits per heavy atom. The van der Waals surface area contributed by atoms with E-state index in [0.717, 1.165) is 0 Å². The van der Waals surface area contributed by atoms with Crippen LogP contribution >= 0.6 is 0 Å². The summed E-state index contributed by atoms with van der Waals surface area (Å²) in [6.45, 7) is 1.73. The van der Waals surface area contributed by atoms with Crippen LogP contribution in [0.4, 0.5) is 10.1 Å². The molecule has 0 heterocycles. The van der Waals surface area contributed by atoms with E-state index in [1.165, 1.54) is 24.3 Å². The Kier molecular flexibility index (Phi) is 2.95. The van der Waals surface area contributed by atoms with Gasteiger partial charge in [0.15, 0.2) is 0 Å². The normalized spacial score (nSPS) is 12.5. The largest absolute Gasteiger partial charge is 0.269 e. The fraction of sp³-hybridized carbons (Fsp3) is 0.333. The van der Waals surface area contributed by atoms with Gasteiger partial charge >= 0.3 is 0 Å². The Bertz CT molecular complexity index is 297. The molecule has 0 aliphatic carbocycles. The lowest BCUT2D eigenvalue weighted by Gasteiger charge is -2.03. The number of hydrogen-bond donors (Lipinski definition) is 0. The van der Waals surface area contributed by atoms with E-state index in [1.54, 1.807) is 6.92 Å². The molecule has 13 heavy (non-hydrogen) atoms. The highest BCUT2D eigenvalue weighted by Gasteiger charge is 2.09. The van der Waals surface area contributed by atoms with Gasteiger partial charge in [-0.25, -0.2) is 4.39 Å². The zero-order chi connectivity index (χ0) is 9.84. The Balaban J connectivity index is 2.87. The molecular formula is C9H10FNO2. The second-order valence-corrected chi connectivity index (χ2v) is 2.72. The van der Waals surface area contributed by atoms with Crippen LogP contribution in [0.15, 0.2) is 24.3 Å². The van der Waals surface area contributed by atoms with Gasteiger partial charge in [0.1, 0.15) is 6.17 Å². The van der Waals surface area contributed by atoms with Crippen LogP contribution in [0.1, 0.15) is 25.1 Å². The number of nitrogens with zero attached hydrogens (tertiary/aromatic N) is 1. The summed E-state index contributed by atoms with van der Waals surface area (Å²) in [6.07, 6.45) is -0.640. The molecule has 0 aromatic heterocycles. The predicted molar refractivity (Wildman–Crippen MR) is 47.2 cm³/mol. The van der Waals surface area contributed by atoms with Crippen molar-refractivity contribution in [3.8, 4) is 0 Å². The lowest BCUT2D eigenvalue weighted by atomic mass is 10.1. The molecular weight excluding hydrogens is 173 g/mol. The number of benzene rings is 1. The molecule has 4 heteroatoms. The van der Waals surface area contributed by atoms with Crippen molar-refractivity contribution in [2.75, 3.05) is 0 Å². The summed E-state index contributed by atoms with van der Waals surface area (Å²) in [5.41, 5.74) is 0.486. The lowest BCUT2D eigenvalue weighted by Crippen LogP contribution is -1.91. The highest BCUT2D eigenvalue weighted by atomic mass is 19.1. The number of nitro groups is 1. The summed E-state index contributed by atoms with van der Waals surface area (Å²) in [5.74, 6) is 0. The first kappa shape index (κ1) is 9.64. The molecule has 0 saturated heterocycles. The number of alkyl halides is 1. The molecule has 0 amide bonds. The highest BCUT2D eigenvalue weighted by Crippen LogP contribution is 2.22. The number of nitro benzene ring substituents is 1. The van der Waals surface area contributed by atoms with E-state index in [1.807, 2.05) is 0 Å². The number of hydrogen-bond acceptors (Lipinski definition) is 2. The van der Waals surface area contributed by atoms with Crippen molar-refractivity contribution in [3.05, 3.63) is 39.9 Å². The minimum atomic E-state index is -1.03. The minimum Gasteiger partial charge on any atom is -0.258 e. The summed E-state index contributed by atoms with van der Waals surface area (Å²) in [5, 5.41) is 10.3. The fourth-order valence-corrected chi connectivity index (χ4v) is 1.04. The van der Waals surface area contributed by atoms with Crippen LogP contribution in [0.3, 0.4) is 0 Å². The van der Waals surface area contributed by atoms with Crippen LogP contribution < -0.4 is 0 Å². The maximum absolute atomic E-state index is 13.0. The molecule has 0 spiro atoms. The van der Waals surface area contributed by atoms with E-state index in [4.69, 9.17) is 0 Å². The topological polar surface area (TPSA) is 43.1 Å². The average Bonchev–Trinajstić information content (AvgIpc) is 2.17. The second kappa shape index (κ2) is 3.98. The molecule has 1 aromatic carbocycles. The van der Waals surface area contributed by atoms with Crippen molar-refractivity contribution in [3.63, 3.8) is 0 Å². The molecule has 1 aromatic rings. The third-order valence-electron chi connectivity index (χ3n) is 1.82. The van der Waals surface area contributed by atoms with Gasteiger partial charge in [-0.3, -0.25) is 10.1 Å². The highest BCUT2D eigenvalue weighted by molar-refractivity contribution is 5.33. The molecule has 1 unspecified atom stereocenters. The first-order valence-electron chi connectivity index (χ1n) is 4.03. The molecule has 70 valence electrons. The third-order valence-corrected chi connectivity index (χ3v) is 1.82. The van der Waals surface area contributed by atoms with E-state index in [0.29, 0.717) is 12.0 Å². The molecule has 0 bridgehead atoms. The van der Waals surface area contributed by atoms with Gasteiger partial charge in [-0.1, -0.05) is 6.92 Å². The number of rotatable bonds is 3. The molecule has 0 radical (unpaired) electrons. The molecule has 0 fully saturated rings. The maximum Gasteiger partial charge on any atom is 0.269 e. The molecule has 1 atom stereocenters. The van der Waals surface area contributed by atoms with Crippen LogP contribution in [0.5, 0.6) is 0 Å². The lowest BCUT2D eigenvalue weighted by molar-refractivity contribution is -0.384. The van der Waals surface area contributed by atoms with E-state index >= 15 is 0 Å². The van der Waals surface area contributed by atoms with Gasteiger partial charge in [-0.2, -0.15) is 0 Å². The average molecular weight is 183 g/mol. The standard InChI is InChI=1S/C9H10FNO2/c1-2-9(10)7-3-5-8(6-4-7)11(12)13/h3-6,9H,2H2,1H3. The monoisotopic (exact) mass is 183 g/mol. The van der Waals surface area contributed by atoms with E-state index < -0.39 is 11.1 Å². The maximum atomic E-state index is 13.0. The summed E-state index contributed by atoms with van der Waals surface area (Å²) < 4.78 is 13.0. The van der Waals surface area contributed by atoms with E-state index in [-0.39, 0.29) is 5.69 Å². The third kappa shape index (κ3) is 2.24. The Hall–Kier alpha value is -1.45. The Morgan fingerprint density at radius 1 is 1.46 bits per heavy atom. The van der Waals surface area contributed by atoms with Crippen molar-refractivity contribution in [2.45, 2.75) is 19.5 Å². The van der Waals surface area contributed by atoms with Gasteiger partial charge in [-0.05, 0) is 24.1 Å². The SMILES string of the molecule is CCC(F)c1ccc([N+](=O)[O-])cc1. The molecule has 0 aliphatic rings. The van der Waals surface area contributed by atoms with Crippen molar-refractivity contribution >= 4 is 5.69 Å². The fourth-order valence-electron chi connectivity index (χ4n) is 1.04. The molecule has 1 rings (SSSR count). The minimum absolute atomic E-state index is 0.00736. The molecule has 3 nitrogen and oxygen atoms in total. The first-order valence-corrected chi connectivity index (χ1v) is 4.03. The zero-order valence-electron chi connectivity index (χ0n) is 7.24. The Morgan fingerprint density at radius 3 is 2.38 bits per heavy atom. The second-order valence-electron chi connectivity index (χ2n) is 2.72. The number of non-ortho nitro benzene ring substituents is 1. The van der Waals surface area contributed by atoms with Gasteiger partial charge in [0.25, 0.3) is 5.69 Å². The molecule has 0 saturated carbocycles. The first-order chi connectivity index (χ1) is 6.15. The summed E-state index contributed by atoms with van der Waals surface area (Å²) in [4.78, 5) is 9.77. The van der Waals surface area contributed by atoms with E-state index in [9.17, 15) is 14.5 Å². The predicted octanol–water partition coefficient (Wildman–Crippen LogP) is 3.02. The van der Waals surface area contributed by atoms with Crippen LogP contribution in [0, 0.1) is 10.1 Å². The summed E-state index contributed by atoms with van der Waals surface area (Å²) >= 11 is 0. The van der Waals surface area contributed by atoms with Gasteiger partial charge in [0.05, 0.1) is 4.92 Å².